The normalized spacial score (nSPS) is 9.77. The predicted molar refractivity (Wildman–Crippen MR) is 44.9 cm³/mol. The van der Waals surface area contributed by atoms with Crippen LogP contribution in [0.3, 0.4) is 0 Å². The summed E-state index contributed by atoms with van der Waals surface area (Å²) in [5, 5.41) is -0.00889. The van der Waals surface area contributed by atoms with E-state index in [1.165, 1.54) is 13.3 Å². The maximum atomic E-state index is 13.0. The van der Waals surface area contributed by atoms with E-state index < -0.39 is 11.8 Å². The largest absolute Gasteiger partial charge is 0.469 e. The van der Waals surface area contributed by atoms with Crippen LogP contribution in [0.1, 0.15) is 5.56 Å². The lowest BCUT2D eigenvalue weighted by atomic mass is 10.2. The maximum Gasteiger partial charge on any atom is 0.310 e. The molecule has 1 aromatic rings. The molecule has 0 atom stereocenters. The second-order valence-electron chi connectivity index (χ2n) is 2.32. The molecule has 0 amide bonds. The average Bonchev–Trinajstić information content (AvgIpc) is 2.11. The van der Waals surface area contributed by atoms with Gasteiger partial charge in [0, 0.05) is 11.8 Å². The van der Waals surface area contributed by atoms with E-state index in [1.54, 1.807) is 0 Å². The van der Waals surface area contributed by atoms with Crippen LogP contribution in [0.4, 0.5) is 4.39 Å². The number of hydrogen-bond acceptors (Lipinski definition) is 3. The van der Waals surface area contributed by atoms with Gasteiger partial charge in [0.2, 0.25) is 0 Å². The SMILES string of the molecule is COC(=O)Cc1c(F)ccnc1Cl. The molecule has 0 saturated carbocycles. The number of esters is 1. The molecule has 0 aliphatic heterocycles. The van der Waals surface area contributed by atoms with Gasteiger partial charge in [0.15, 0.2) is 0 Å². The van der Waals surface area contributed by atoms with Crippen molar-refractivity contribution in [2.45, 2.75) is 6.42 Å². The second kappa shape index (κ2) is 4.18. The Balaban J connectivity index is 2.93. The third-order valence-electron chi connectivity index (χ3n) is 1.49. The number of aromatic nitrogens is 1. The monoisotopic (exact) mass is 203 g/mol. The summed E-state index contributed by atoms with van der Waals surface area (Å²) in [5.41, 5.74) is 0.0658. The molecule has 0 aromatic carbocycles. The Bertz CT molecular complexity index is 310. The minimum Gasteiger partial charge on any atom is -0.469 e. The predicted octanol–water partition coefficient (Wildman–Crippen LogP) is 1.59. The van der Waals surface area contributed by atoms with Gasteiger partial charge in [-0.05, 0) is 6.07 Å². The fourth-order valence-corrected chi connectivity index (χ4v) is 1.03. The summed E-state index contributed by atoms with van der Waals surface area (Å²) < 4.78 is 17.4. The quantitative estimate of drug-likeness (QED) is 0.541. The molecule has 13 heavy (non-hydrogen) atoms. The highest BCUT2D eigenvalue weighted by Gasteiger charge is 2.12. The van der Waals surface area contributed by atoms with Crippen LogP contribution >= 0.6 is 11.6 Å². The van der Waals surface area contributed by atoms with Gasteiger partial charge in [0.25, 0.3) is 0 Å². The Morgan fingerprint density at radius 1 is 1.77 bits per heavy atom. The minimum absolute atomic E-state index is 0.00889. The van der Waals surface area contributed by atoms with E-state index in [-0.39, 0.29) is 17.1 Å². The molecule has 0 spiro atoms. The van der Waals surface area contributed by atoms with Crippen molar-refractivity contribution in [3.05, 3.63) is 28.8 Å². The van der Waals surface area contributed by atoms with Gasteiger partial charge in [0.1, 0.15) is 11.0 Å². The van der Waals surface area contributed by atoms with Crippen molar-refractivity contribution in [1.82, 2.24) is 4.98 Å². The van der Waals surface area contributed by atoms with E-state index in [0.29, 0.717) is 0 Å². The third kappa shape index (κ3) is 2.39. The molecule has 0 fully saturated rings. The van der Waals surface area contributed by atoms with Gasteiger partial charge in [-0.3, -0.25) is 4.79 Å². The maximum absolute atomic E-state index is 13.0. The Labute approximate surface area is 79.5 Å². The molecule has 0 saturated heterocycles. The average molecular weight is 204 g/mol. The number of rotatable bonds is 2. The first-order valence-corrected chi connectivity index (χ1v) is 3.88. The second-order valence-corrected chi connectivity index (χ2v) is 2.67. The van der Waals surface area contributed by atoms with Crippen molar-refractivity contribution in [3.63, 3.8) is 0 Å². The van der Waals surface area contributed by atoms with Crippen molar-refractivity contribution in [2.24, 2.45) is 0 Å². The van der Waals surface area contributed by atoms with Crippen molar-refractivity contribution < 1.29 is 13.9 Å². The summed E-state index contributed by atoms with van der Waals surface area (Å²) in [7, 11) is 1.23. The molecule has 5 heteroatoms. The molecular formula is C8H7ClFNO2. The standard InChI is InChI=1S/C8H7ClFNO2/c1-13-7(12)4-5-6(10)2-3-11-8(5)9/h2-3H,4H2,1H3. The van der Waals surface area contributed by atoms with Crippen LogP contribution in [0, 0.1) is 5.82 Å². The smallest absolute Gasteiger partial charge is 0.310 e. The highest BCUT2D eigenvalue weighted by Crippen LogP contribution is 2.16. The van der Waals surface area contributed by atoms with Crippen LogP contribution in [-0.2, 0) is 16.0 Å². The van der Waals surface area contributed by atoms with Crippen molar-refractivity contribution in [2.75, 3.05) is 7.11 Å². The first-order chi connectivity index (χ1) is 6.15. The van der Waals surface area contributed by atoms with Crippen LogP contribution in [0.15, 0.2) is 12.3 Å². The number of hydrogen-bond donors (Lipinski definition) is 0. The van der Waals surface area contributed by atoms with Crippen molar-refractivity contribution >= 4 is 17.6 Å². The summed E-state index contributed by atoms with van der Waals surface area (Å²) >= 11 is 5.57. The van der Waals surface area contributed by atoms with Gasteiger partial charge in [-0.15, -0.1) is 0 Å². The minimum atomic E-state index is -0.551. The van der Waals surface area contributed by atoms with Gasteiger partial charge >= 0.3 is 5.97 Å². The molecule has 0 unspecified atom stereocenters. The Kier molecular flexibility index (Phi) is 3.19. The van der Waals surface area contributed by atoms with E-state index in [4.69, 9.17) is 11.6 Å². The fourth-order valence-electron chi connectivity index (χ4n) is 0.819. The molecule has 1 heterocycles. The molecule has 0 N–H and O–H groups in total. The first-order valence-electron chi connectivity index (χ1n) is 3.51. The van der Waals surface area contributed by atoms with Gasteiger partial charge in [0.05, 0.1) is 13.5 Å². The van der Waals surface area contributed by atoms with E-state index in [9.17, 15) is 9.18 Å². The summed E-state index contributed by atoms with van der Waals surface area (Å²) in [4.78, 5) is 14.5. The topological polar surface area (TPSA) is 39.2 Å². The highest BCUT2D eigenvalue weighted by atomic mass is 35.5. The number of carbonyl (C=O) groups is 1. The van der Waals surface area contributed by atoms with Crippen molar-refractivity contribution in [3.8, 4) is 0 Å². The highest BCUT2D eigenvalue weighted by molar-refractivity contribution is 6.30. The van der Waals surface area contributed by atoms with Crippen molar-refractivity contribution in [1.29, 1.82) is 0 Å². The van der Waals surface area contributed by atoms with Crippen LogP contribution < -0.4 is 0 Å². The zero-order chi connectivity index (χ0) is 9.84. The number of ether oxygens (including phenoxy) is 1. The van der Waals surface area contributed by atoms with Crippen LogP contribution in [0.5, 0.6) is 0 Å². The van der Waals surface area contributed by atoms with E-state index in [1.807, 2.05) is 0 Å². The van der Waals surface area contributed by atoms with Crippen LogP contribution in [0.25, 0.3) is 0 Å². The molecule has 0 radical (unpaired) electrons. The Hall–Kier alpha value is -1.16. The molecular weight excluding hydrogens is 197 g/mol. The summed E-state index contributed by atoms with van der Waals surface area (Å²) in [6, 6.07) is 1.14. The zero-order valence-corrected chi connectivity index (χ0v) is 7.64. The molecule has 0 aliphatic carbocycles. The molecule has 3 nitrogen and oxygen atoms in total. The Morgan fingerprint density at radius 2 is 2.46 bits per heavy atom. The molecule has 0 aliphatic rings. The third-order valence-corrected chi connectivity index (χ3v) is 1.82. The molecule has 0 bridgehead atoms. The van der Waals surface area contributed by atoms with Gasteiger partial charge in [-0.1, -0.05) is 11.6 Å². The summed E-state index contributed by atoms with van der Waals surface area (Å²) in [6.07, 6.45) is 1.04. The van der Waals surface area contributed by atoms with Gasteiger partial charge in [-0.2, -0.15) is 0 Å². The molecule has 1 aromatic heterocycles. The van der Waals surface area contributed by atoms with Gasteiger partial charge < -0.3 is 4.74 Å². The van der Waals surface area contributed by atoms with Crippen LogP contribution in [-0.4, -0.2) is 18.1 Å². The number of pyridine rings is 1. The first kappa shape index (κ1) is 9.92. The Morgan fingerprint density at radius 3 is 3.00 bits per heavy atom. The lowest BCUT2D eigenvalue weighted by molar-refractivity contribution is -0.139. The van der Waals surface area contributed by atoms with E-state index in [0.717, 1.165) is 6.07 Å². The summed E-state index contributed by atoms with van der Waals surface area (Å²) in [5.74, 6) is -1.10. The van der Waals surface area contributed by atoms with Gasteiger partial charge in [-0.25, -0.2) is 9.37 Å². The lowest BCUT2D eigenvalue weighted by Gasteiger charge is -2.02. The lowest BCUT2D eigenvalue weighted by Crippen LogP contribution is -2.07. The fraction of sp³-hybridized carbons (Fsp3) is 0.250. The number of halogens is 2. The summed E-state index contributed by atoms with van der Waals surface area (Å²) in [6.45, 7) is 0. The van der Waals surface area contributed by atoms with Crippen LogP contribution in [0.2, 0.25) is 5.15 Å². The van der Waals surface area contributed by atoms with E-state index >= 15 is 0 Å². The zero-order valence-electron chi connectivity index (χ0n) is 6.88. The number of carbonyl (C=O) groups excluding carboxylic acids is 1. The van der Waals surface area contributed by atoms with E-state index in [2.05, 4.69) is 9.72 Å². The number of methoxy groups -OCH3 is 1. The number of nitrogens with zero attached hydrogens (tertiary/aromatic N) is 1. The molecule has 70 valence electrons. The molecule has 1 rings (SSSR count).